The Morgan fingerprint density at radius 3 is 2.50 bits per heavy atom. The largest absolute Gasteiger partial charge is 0.501 e. The fourth-order valence-electron chi connectivity index (χ4n) is 2.27. The lowest BCUT2D eigenvalue weighted by molar-refractivity contribution is 0.221. The van der Waals surface area contributed by atoms with Crippen LogP contribution >= 0.6 is 0 Å². The molecule has 0 spiro atoms. The molecule has 1 aromatic rings. The minimum absolute atomic E-state index is 0.0854. The lowest BCUT2D eigenvalue weighted by Crippen LogP contribution is -2.17. The first-order valence-electron chi connectivity index (χ1n) is 5.74. The predicted molar refractivity (Wildman–Crippen MR) is 63.1 cm³/mol. The van der Waals surface area contributed by atoms with E-state index in [-0.39, 0.29) is 6.04 Å². The highest BCUT2D eigenvalue weighted by molar-refractivity contribution is 5.38. The molecule has 16 heavy (non-hydrogen) atoms. The van der Waals surface area contributed by atoms with Gasteiger partial charge in [0.05, 0.1) is 18.9 Å². The summed E-state index contributed by atoms with van der Waals surface area (Å²) in [5, 5.41) is 0. The van der Waals surface area contributed by atoms with E-state index in [2.05, 4.69) is 6.92 Å². The first kappa shape index (κ1) is 11.3. The van der Waals surface area contributed by atoms with Gasteiger partial charge in [-0.3, -0.25) is 0 Å². The van der Waals surface area contributed by atoms with Crippen LogP contribution in [0.1, 0.15) is 41.5 Å². The third kappa shape index (κ3) is 1.87. The van der Waals surface area contributed by atoms with Crippen molar-refractivity contribution in [3.8, 4) is 0 Å². The van der Waals surface area contributed by atoms with Crippen LogP contribution in [0.3, 0.4) is 0 Å². The van der Waals surface area contributed by atoms with Crippen molar-refractivity contribution >= 4 is 0 Å². The van der Waals surface area contributed by atoms with Gasteiger partial charge in [0, 0.05) is 5.56 Å². The van der Waals surface area contributed by atoms with Gasteiger partial charge < -0.3 is 14.9 Å². The molecule has 2 rings (SSSR count). The van der Waals surface area contributed by atoms with E-state index in [1.54, 1.807) is 0 Å². The van der Waals surface area contributed by atoms with Crippen molar-refractivity contribution in [1.29, 1.82) is 0 Å². The molecule has 3 nitrogen and oxygen atoms in total. The van der Waals surface area contributed by atoms with Crippen molar-refractivity contribution in [1.82, 2.24) is 0 Å². The second-order valence-corrected chi connectivity index (χ2v) is 4.40. The van der Waals surface area contributed by atoms with Crippen LogP contribution in [0.5, 0.6) is 0 Å². The Kier molecular flexibility index (Phi) is 3.06. The van der Waals surface area contributed by atoms with Gasteiger partial charge >= 0.3 is 0 Å². The van der Waals surface area contributed by atoms with Crippen LogP contribution in [-0.4, -0.2) is 6.61 Å². The Morgan fingerprint density at radius 2 is 2.00 bits per heavy atom. The topological polar surface area (TPSA) is 48.4 Å². The van der Waals surface area contributed by atoms with Gasteiger partial charge in [0.2, 0.25) is 0 Å². The highest BCUT2D eigenvalue weighted by Gasteiger charge is 2.22. The number of aryl methyl sites for hydroxylation is 2. The Labute approximate surface area is 96.3 Å². The standard InChI is InChI=1S/C13H19NO2/c1-8-9(2)16-10(3)12(8)13(14)11-5-4-6-15-7-11/h7,13H,4-6,14H2,1-3H3. The number of ether oxygens (including phenoxy) is 1. The fraction of sp³-hybridized carbons (Fsp3) is 0.538. The van der Waals surface area contributed by atoms with Crippen LogP contribution < -0.4 is 5.73 Å². The van der Waals surface area contributed by atoms with E-state index < -0.39 is 0 Å². The van der Waals surface area contributed by atoms with Crippen LogP contribution in [0.15, 0.2) is 16.3 Å². The number of rotatable bonds is 2. The molecule has 1 atom stereocenters. The van der Waals surface area contributed by atoms with Gasteiger partial charge in [0.25, 0.3) is 0 Å². The van der Waals surface area contributed by atoms with Crippen molar-refractivity contribution in [3.05, 3.63) is 34.5 Å². The second-order valence-electron chi connectivity index (χ2n) is 4.40. The van der Waals surface area contributed by atoms with E-state index in [4.69, 9.17) is 14.9 Å². The van der Waals surface area contributed by atoms with Crippen LogP contribution in [0, 0.1) is 20.8 Å². The maximum atomic E-state index is 6.28. The van der Waals surface area contributed by atoms with E-state index in [0.717, 1.165) is 42.1 Å². The molecule has 1 unspecified atom stereocenters. The SMILES string of the molecule is Cc1oc(C)c(C(N)C2=COCCC2)c1C. The molecule has 88 valence electrons. The first-order chi connectivity index (χ1) is 7.61. The van der Waals surface area contributed by atoms with Crippen molar-refractivity contribution in [2.45, 2.75) is 39.7 Å². The third-order valence-electron chi connectivity index (χ3n) is 3.29. The third-order valence-corrected chi connectivity index (χ3v) is 3.29. The molecule has 0 saturated heterocycles. The molecular formula is C13H19NO2. The fourth-order valence-corrected chi connectivity index (χ4v) is 2.27. The monoisotopic (exact) mass is 221 g/mol. The van der Waals surface area contributed by atoms with Crippen LogP contribution in [0.4, 0.5) is 0 Å². The Bertz CT molecular complexity index is 418. The molecule has 1 aromatic heterocycles. The summed E-state index contributed by atoms with van der Waals surface area (Å²) in [7, 11) is 0. The number of hydrogen-bond donors (Lipinski definition) is 1. The lowest BCUT2D eigenvalue weighted by Gasteiger charge is -2.20. The quantitative estimate of drug-likeness (QED) is 0.835. The molecule has 0 aliphatic carbocycles. The number of nitrogens with two attached hydrogens (primary N) is 1. The Balaban J connectivity index is 2.32. The van der Waals surface area contributed by atoms with Crippen molar-refractivity contribution in [2.24, 2.45) is 5.73 Å². The van der Waals surface area contributed by atoms with E-state index >= 15 is 0 Å². The van der Waals surface area contributed by atoms with E-state index in [1.807, 2.05) is 20.1 Å². The van der Waals surface area contributed by atoms with Gasteiger partial charge in [-0.05, 0) is 44.7 Å². The van der Waals surface area contributed by atoms with Gasteiger partial charge in [-0.25, -0.2) is 0 Å². The predicted octanol–water partition coefficient (Wildman–Crippen LogP) is 2.90. The Hall–Kier alpha value is -1.22. The summed E-state index contributed by atoms with van der Waals surface area (Å²) in [5.41, 5.74) is 9.72. The number of hydrogen-bond acceptors (Lipinski definition) is 3. The molecule has 2 heterocycles. The summed E-state index contributed by atoms with van der Waals surface area (Å²) in [6.45, 7) is 6.81. The van der Waals surface area contributed by atoms with E-state index in [0.29, 0.717) is 0 Å². The van der Waals surface area contributed by atoms with Crippen LogP contribution in [0.2, 0.25) is 0 Å². The summed E-state index contributed by atoms with van der Waals surface area (Å²) in [6, 6.07) is -0.0854. The number of furan rings is 1. The summed E-state index contributed by atoms with van der Waals surface area (Å²) in [4.78, 5) is 0. The van der Waals surface area contributed by atoms with Crippen molar-refractivity contribution in [2.75, 3.05) is 6.61 Å². The van der Waals surface area contributed by atoms with Crippen molar-refractivity contribution < 1.29 is 9.15 Å². The summed E-state index contributed by atoms with van der Waals surface area (Å²) >= 11 is 0. The first-order valence-corrected chi connectivity index (χ1v) is 5.74. The van der Waals surface area contributed by atoms with Gasteiger partial charge in [-0.2, -0.15) is 0 Å². The molecule has 0 bridgehead atoms. The maximum absolute atomic E-state index is 6.28. The molecule has 1 aliphatic rings. The molecule has 0 amide bonds. The Morgan fingerprint density at radius 1 is 1.25 bits per heavy atom. The summed E-state index contributed by atoms with van der Waals surface area (Å²) in [5.74, 6) is 1.88. The zero-order valence-corrected chi connectivity index (χ0v) is 10.2. The van der Waals surface area contributed by atoms with Crippen molar-refractivity contribution in [3.63, 3.8) is 0 Å². The van der Waals surface area contributed by atoms with Gasteiger partial charge in [-0.1, -0.05) is 0 Å². The molecule has 0 saturated carbocycles. The van der Waals surface area contributed by atoms with Crippen LogP contribution in [0.25, 0.3) is 0 Å². The maximum Gasteiger partial charge on any atom is 0.106 e. The van der Waals surface area contributed by atoms with Gasteiger partial charge in [0.15, 0.2) is 0 Å². The highest BCUT2D eigenvalue weighted by atomic mass is 16.5. The molecule has 1 aliphatic heterocycles. The summed E-state index contributed by atoms with van der Waals surface area (Å²) in [6.07, 6.45) is 3.88. The zero-order chi connectivity index (χ0) is 11.7. The highest BCUT2D eigenvalue weighted by Crippen LogP contribution is 2.32. The molecular weight excluding hydrogens is 202 g/mol. The minimum atomic E-state index is -0.0854. The zero-order valence-electron chi connectivity index (χ0n) is 10.2. The summed E-state index contributed by atoms with van der Waals surface area (Å²) < 4.78 is 10.9. The van der Waals surface area contributed by atoms with E-state index in [9.17, 15) is 0 Å². The van der Waals surface area contributed by atoms with E-state index in [1.165, 1.54) is 5.57 Å². The minimum Gasteiger partial charge on any atom is -0.501 e. The second kappa shape index (κ2) is 4.34. The van der Waals surface area contributed by atoms with Crippen LogP contribution in [-0.2, 0) is 4.74 Å². The molecule has 0 aromatic carbocycles. The molecule has 2 N–H and O–H groups in total. The van der Waals surface area contributed by atoms with Gasteiger partial charge in [-0.15, -0.1) is 0 Å². The molecule has 0 fully saturated rings. The average Bonchev–Trinajstić information content (AvgIpc) is 2.54. The van der Waals surface area contributed by atoms with Gasteiger partial charge in [0.1, 0.15) is 11.5 Å². The lowest BCUT2D eigenvalue weighted by atomic mass is 9.93. The molecule has 3 heteroatoms. The normalized spacial score (nSPS) is 17.9. The smallest absolute Gasteiger partial charge is 0.106 e. The molecule has 0 radical (unpaired) electrons. The average molecular weight is 221 g/mol.